The number of piperazine rings is 1. The van der Waals surface area contributed by atoms with Crippen LogP contribution in [0.2, 0.25) is 0 Å². The first-order chi connectivity index (χ1) is 13.7. The van der Waals surface area contributed by atoms with E-state index in [1.165, 1.54) is 5.69 Å². The smallest absolute Gasteiger partial charge is 0.231 e. The van der Waals surface area contributed by atoms with Gasteiger partial charge in [0.1, 0.15) is 0 Å². The molecule has 0 spiro atoms. The summed E-state index contributed by atoms with van der Waals surface area (Å²) in [4.78, 5) is 16.8. The summed E-state index contributed by atoms with van der Waals surface area (Å²) in [6.07, 6.45) is 1.87. The average Bonchev–Trinajstić information content (AvgIpc) is 3.16. The molecule has 146 valence electrons. The maximum atomic E-state index is 12.6. The molecule has 8 heteroatoms. The summed E-state index contributed by atoms with van der Waals surface area (Å²) >= 11 is 0. The molecule has 2 aromatic heterocycles. The molecule has 1 fully saturated rings. The van der Waals surface area contributed by atoms with Gasteiger partial charge in [-0.15, -0.1) is 15.3 Å². The van der Waals surface area contributed by atoms with Gasteiger partial charge in [0, 0.05) is 50.8 Å². The second-order valence-electron chi connectivity index (χ2n) is 6.82. The molecule has 1 amide bonds. The van der Waals surface area contributed by atoms with Crippen molar-refractivity contribution < 1.29 is 9.53 Å². The topological polar surface area (TPSA) is 75.9 Å². The minimum absolute atomic E-state index is 0.201. The zero-order chi connectivity index (χ0) is 19.3. The number of nitrogens with zero attached hydrogens (tertiary/aromatic N) is 6. The van der Waals surface area contributed by atoms with Gasteiger partial charge in [-0.2, -0.15) is 4.52 Å². The molecule has 0 saturated carbocycles. The molecule has 0 radical (unpaired) electrons. The summed E-state index contributed by atoms with van der Waals surface area (Å²) in [5, 5.41) is 12.6. The van der Waals surface area contributed by atoms with Crippen molar-refractivity contribution in [1.29, 1.82) is 0 Å². The number of methoxy groups -OCH3 is 1. The van der Waals surface area contributed by atoms with Crippen LogP contribution in [-0.2, 0) is 11.2 Å². The summed E-state index contributed by atoms with van der Waals surface area (Å²) < 4.78 is 6.84. The summed E-state index contributed by atoms with van der Waals surface area (Å²) in [6.45, 7) is 3.27. The molecule has 3 aromatic rings. The van der Waals surface area contributed by atoms with Crippen LogP contribution in [0, 0.1) is 0 Å². The summed E-state index contributed by atoms with van der Waals surface area (Å²) in [7, 11) is 1.58. The number of rotatable bonds is 6. The van der Waals surface area contributed by atoms with E-state index in [1.54, 1.807) is 17.7 Å². The highest BCUT2D eigenvalue weighted by atomic mass is 16.5. The number of hydrogen-bond acceptors (Lipinski definition) is 6. The van der Waals surface area contributed by atoms with E-state index in [4.69, 9.17) is 4.74 Å². The Hall–Kier alpha value is -3.16. The Morgan fingerprint density at radius 2 is 1.82 bits per heavy atom. The maximum Gasteiger partial charge on any atom is 0.231 e. The van der Waals surface area contributed by atoms with E-state index in [1.807, 2.05) is 29.2 Å². The molecule has 0 atom stereocenters. The van der Waals surface area contributed by atoms with E-state index in [-0.39, 0.29) is 5.91 Å². The lowest BCUT2D eigenvalue weighted by molar-refractivity contribution is -0.131. The number of anilines is 1. The second-order valence-corrected chi connectivity index (χ2v) is 6.82. The number of aromatic nitrogens is 4. The van der Waals surface area contributed by atoms with E-state index < -0.39 is 0 Å². The van der Waals surface area contributed by atoms with Crippen LogP contribution in [0.5, 0.6) is 5.88 Å². The Kier molecular flexibility index (Phi) is 5.36. The first-order valence-corrected chi connectivity index (χ1v) is 9.58. The molecule has 8 nitrogen and oxygen atoms in total. The fraction of sp³-hybridized carbons (Fsp3) is 0.400. The molecule has 0 N–H and O–H groups in total. The fourth-order valence-electron chi connectivity index (χ4n) is 3.49. The van der Waals surface area contributed by atoms with Gasteiger partial charge in [-0.05, 0) is 24.6 Å². The predicted octanol–water partition coefficient (Wildman–Crippen LogP) is 1.80. The Morgan fingerprint density at radius 3 is 2.57 bits per heavy atom. The van der Waals surface area contributed by atoms with Gasteiger partial charge in [0.15, 0.2) is 11.5 Å². The highest BCUT2D eigenvalue weighted by Crippen LogP contribution is 2.16. The Morgan fingerprint density at radius 1 is 1.04 bits per heavy atom. The lowest BCUT2D eigenvalue weighted by Crippen LogP contribution is -2.48. The number of ether oxygens (including phenoxy) is 1. The van der Waals surface area contributed by atoms with Crippen molar-refractivity contribution in [2.45, 2.75) is 19.3 Å². The van der Waals surface area contributed by atoms with Crippen molar-refractivity contribution in [2.24, 2.45) is 0 Å². The molecule has 0 unspecified atom stereocenters. The van der Waals surface area contributed by atoms with Crippen LogP contribution in [0.3, 0.4) is 0 Å². The first-order valence-electron chi connectivity index (χ1n) is 9.58. The van der Waals surface area contributed by atoms with E-state index in [2.05, 4.69) is 32.3 Å². The lowest BCUT2D eigenvalue weighted by Gasteiger charge is -2.36. The van der Waals surface area contributed by atoms with Crippen LogP contribution in [0.15, 0.2) is 42.5 Å². The summed E-state index contributed by atoms with van der Waals surface area (Å²) in [6, 6.07) is 13.9. The van der Waals surface area contributed by atoms with Crippen LogP contribution in [0.25, 0.3) is 5.65 Å². The number of para-hydroxylation sites is 1. The minimum Gasteiger partial charge on any atom is -0.480 e. The summed E-state index contributed by atoms with van der Waals surface area (Å²) in [5.41, 5.74) is 1.90. The second kappa shape index (κ2) is 8.24. The van der Waals surface area contributed by atoms with Crippen molar-refractivity contribution in [3.8, 4) is 5.88 Å². The third-order valence-electron chi connectivity index (χ3n) is 5.06. The third-order valence-corrected chi connectivity index (χ3v) is 5.06. The summed E-state index contributed by atoms with van der Waals surface area (Å²) in [5.74, 6) is 1.46. The number of amides is 1. The zero-order valence-electron chi connectivity index (χ0n) is 16.0. The lowest BCUT2D eigenvalue weighted by atomic mass is 10.2. The molecule has 1 aromatic carbocycles. The molecule has 0 aliphatic carbocycles. The normalized spacial score (nSPS) is 14.5. The van der Waals surface area contributed by atoms with Gasteiger partial charge in [0.25, 0.3) is 0 Å². The van der Waals surface area contributed by atoms with Crippen LogP contribution >= 0.6 is 0 Å². The van der Waals surface area contributed by atoms with Gasteiger partial charge < -0.3 is 14.5 Å². The zero-order valence-corrected chi connectivity index (χ0v) is 16.0. The van der Waals surface area contributed by atoms with Crippen LogP contribution in [0.4, 0.5) is 5.69 Å². The standard InChI is InChI=1S/C20H24N6O2/c1-28-19-11-10-18-22-21-17(26(18)23-19)8-5-9-20(27)25-14-12-24(13-15-25)16-6-3-2-4-7-16/h2-4,6-7,10-11H,5,8-9,12-15H2,1H3. The van der Waals surface area contributed by atoms with Crippen LogP contribution in [0.1, 0.15) is 18.7 Å². The van der Waals surface area contributed by atoms with E-state index in [0.29, 0.717) is 24.4 Å². The number of hydrogen-bond donors (Lipinski definition) is 0. The van der Waals surface area contributed by atoms with Crippen molar-refractivity contribution in [3.05, 3.63) is 48.3 Å². The van der Waals surface area contributed by atoms with Crippen molar-refractivity contribution >= 4 is 17.2 Å². The molecule has 28 heavy (non-hydrogen) atoms. The van der Waals surface area contributed by atoms with E-state index >= 15 is 0 Å². The highest BCUT2D eigenvalue weighted by Gasteiger charge is 2.21. The molecular formula is C20H24N6O2. The molecule has 1 aliphatic heterocycles. The minimum atomic E-state index is 0.201. The van der Waals surface area contributed by atoms with E-state index in [9.17, 15) is 4.79 Å². The SMILES string of the molecule is COc1ccc2nnc(CCCC(=O)N3CCN(c4ccccc4)CC3)n2n1. The molecule has 3 heterocycles. The number of carbonyl (C=O) groups excluding carboxylic acids is 1. The average molecular weight is 380 g/mol. The van der Waals surface area contributed by atoms with E-state index in [0.717, 1.165) is 38.4 Å². The van der Waals surface area contributed by atoms with Gasteiger partial charge in [-0.25, -0.2) is 0 Å². The first kappa shape index (κ1) is 18.2. The Bertz CT molecular complexity index is 934. The number of fused-ring (bicyclic) bond motifs is 1. The molecule has 4 rings (SSSR count). The maximum absolute atomic E-state index is 12.6. The molecular weight excluding hydrogens is 356 g/mol. The Labute approximate surface area is 163 Å². The van der Waals surface area contributed by atoms with Crippen LogP contribution in [-0.4, -0.2) is 63.9 Å². The number of aryl methyl sites for hydroxylation is 1. The van der Waals surface area contributed by atoms with Crippen molar-refractivity contribution in [1.82, 2.24) is 24.7 Å². The van der Waals surface area contributed by atoms with Gasteiger partial charge in [-0.1, -0.05) is 18.2 Å². The predicted molar refractivity (Wildman–Crippen MR) is 106 cm³/mol. The monoisotopic (exact) mass is 380 g/mol. The molecule has 0 bridgehead atoms. The molecule has 1 saturated heterocycles. The van der Waals surface area contributed by atoms with Gasteiger partial charge in [0.05, 0.1) is 7.11 Å². The van der Waals surface area contributed by atoms with Gasteiger partial charge in [0.2, 0.25) is 11.8 Å². The largest absolute Gasteiger partial charge is 0.480 e. The van der Waals surface area contributed by atoms with Crippen molar-refractivity contribution in [3.63, 3.8) is 0 Å². The fourth-order valence-corrected chi connectivity index (χ4v) is 3.49. The third kappa shape index (κ3) is 3.90. The van der Waals surface area contributed by atoms with Crippen molar-refractivity contribution in [2.75, 3.05) is 38.2 Å². The Balaban J connectivity index is 1.27. The highest BCUT2D eigenvalue weighted by molar-refractivity contribution is 5.76. The quantitative estimate of drug-likeness (QED) is 0.649. The molecule has 1 aliphatic rings. The van der Waals surface area contributed by atoms with Gasteiger partial charge in [-0.3, -0.25) is 4.79 Å². The van der Waals surface area contributed by atoms with Gasteiger partial charge >= 0.3 is 0 Å². The number of carbonyl (C=O) groups is 1. The number of benzene rings is 1. The van der Waals surface area contributed by atoms with Crippen LogP contribution < -0.4 is 9.64 Å².